The summed E-state index contributed by atoms with van der Waals surface area (Å²) in [5.41, 5.74) is 0.253. The van der Waals surface area contributed by atoms with Gasteiger partial charge in [-0.05, 0) is 12.1 Å². The summed E-state index contributed by atoms with van der Waals surface area (Å²) >= 11 is 11.5. The highest BCUT2D eigenvalue weighted by Crippen LogP contribution is 2.29. The van der Waals surface area contributed by atoms with Crippen molar-refractivity contribution in [3.8, 4) is 0 Å². The van der Waals surface area contributed by atoms with E-state index in [0.29, 0.717) is 0 Å². The van der Waals surface area contributed by atoms with E-state index >= 15 is 0 Å². The Morgan fingerprint density at radius 1 is 1.28 bits per heavy atom. The normalized spacial score (nSPS) is 11.4. The van der Waals surface area contributed by atoms with Gasteiger partial charge in [0.25, 0.3) is 0 Å². The molecule has 18 heavy (non-hydrogen) atoms. The fourth-order valence-corrected chi connectivity index (χ4v) is 1.46. The Hall–Kier alpha value is -0.980. The van der Waals surface area contributed by atoms with Crippen molar-refractivity contribution in [2.45, 2.75) is 6.18 Å². The molecule has 0 aliphatic rings. The van der Waals surface area contributed by atoms with Crippen LogP contribution in [-0.2, 0) is 4.79 Å². The molecule has 0 radical (unpaired) electrons. The van der Waals surface area contributed by atoms with Crippen LogP contribution in [0.25, 0.3) is 0 Å². The number of anilines is 1. The van der Waals surface area contributed by atoms with Gasteiger partial charge in [-0.15, -0.1) is 0 Å². The minimum Gasteiger partial charge on any atom is -0.324 e. The lowest BCUT2D eigenvalue weighted by Gasteiger charge is -2.10. The number of rotatable bonds is 4. The Morgan fingerprint density at radius 3 is 2.56 bits per heavy atom. The predicted molar refractivity (Wildman–Crippen MR) is 64.0 cm³/mol. The van der Waals surface area contributed by atoms with E-state index in [1.165, 1.54) is 12.1 Å². The fraction of sp³-hybridized carbons (Fsp3) is 0.300. The van der Waals surface area contributed by atoms with Crippen molar-refractivity contribution < 1.29 is 18.0 Å². The van der Waals surface area contributed by atoms with Crippen molar-refractivity contribution in [1.82, 2.24) is 5.32 Å². The third-order valence-corrected chi connectivity index (χ3v) is 2.66. The molecule has 0 unspecified atom stereocenters. The first-order valence-corrected chi connectivity index (χ1v) is 5.56. The van der Waals surface area contributed by atoms with Crippen LogP contribution in [0.5, 0.6) is 0 Å². The van der Waals surface area contributed by atoms with Crippen molar-refractivity contribution in [1.29, 1.82) is 0 Å². The van der Waals surface area contributed by atoms with Crippen LogP contribution < -0.4 is 10.6 Å². The van der Waals surface area contributed by atoms with Crippen LogP contribution in [0.2, 0.25) is 10.0 Å². The molecule has 1 amide bonds. The number of halogens is 5. The Kier molecular flexibility index (Phi) is 5.25. The quantitative estimate of drug-likeness (QED) is 0.897. The molecule has 1 aromatic rings. The molecular formula is C10H9Cl2F3N2O. The van der Waals surface area contributed by atoms with Gasteiger partial charge in [-0.3, -0.25) is 4.79 Å². The average molecular weight is 301 g/mol. The number of benzene rings is 1. The molecule has 0 spiro atoms. The number of hydrogen-bond acceptors (Lipinski definition) is 2. The number of nitrogens with one attached hydrogen (secondary N) is 2. The average Bonchev–Trinajstić information content (AvgIpc) is 2.23. The molecule has 8 heteroatoms. The van der Waals surface area contributed by atoms with Gasteiger partial charge in [0.15, 0.2) is 0 Å². The van der Waals surface area contributed by atoms with Crippen LogP contribution in [-0.4, -0.2) is 25.2 Å². The zero-order valence-electron chi connectivity index (χ0n) is 8.94. The van der Waals surface area contributed by atoms with Crippen LogP contribution in [0.4, 0.5) is 18.9 Å². The molecule has 0 aliphatic carbocycles. The van der Waals surface area contributed by atoms with Crippen molar-refractivity contribution in [2.75, 3.05) is 18.4 Å². The lowest BCUT2D eigenvalue weighted by molar-refractivity contribution is -0.126. The van der Waals surface area contributed by atoms with Gasteiger partial charge in [0.2, 0.25) is 5.91 Å². The molecule has 0 saturated carbocycles. The predicted octanol–water partition coefficient (Wildman–Crippen LogP) is 3.08. The van der Waals surface area contributed by atoms with Gasteiger partial charge < -0.3 is 10.6 Å². The highest BCUT2D eigenvalue weighted by Gasteiger charge is 2.26. The zero-order valence-corrected chi connectivity index (χ0v) is 10.5. The van der Waals surface area contributed by atoms with Crippen LogP contribution >= 0.6 is 23.2 Å². The zero-order chi connectivity index (χ0) is 13.8. The van der Waals surface area contributed by atoms with E-state index < -0.39 is 25.2 Å². The molecular weight excluding hydrogens is 292 g/mol. The fourth-order valence-electron chi connectivity index (χ4n) is 1.11. The van der Waals surface area contributed by atoms with Gasteiger partial charge in [-0.2, -0.15) is 13.2 Å². The molecule has 0 atom stereocenters. The summed E-state index contributed by atoms with van der Waals surface area (Å²) in [5, 5.41) is 4.71. The standard InChI is InChI=1S/C10H9Cl2F3N2O/c11-6-2-1-3-7(9(6)12)17-8(18)4-16-5-10(13,14)15/h1-3,16H,4-5H2,(H,17,18). The number of carbonyl (C=O) groups excluding carboxylic acids is 1. The first-order valence-electron chi connectivity index (χ1n) is 4.81. The van der Waals surface area contributed by atoms with Gasteiger partial charge in [0.05, 0.1) is 28.8 Å². The van der Waals surface area contributed by atoms with Gasteiger partial charge in [-0.25, -0.2) is 0 Å². The van der Waals surface area contributed by atoms with Crippen LogP contribution in [0.1, 0.15) is 0 Å². The smallest absolute Gasteiger partial charge is 0.324 e. The van der Waals surface area contributed by atoms with Crippen LogP contribution in [0.3, 0.4) is 0 Å². The van der Waals surface area contributed by atoms with Crippen LogP contribution in [0, 0.1) is 0 Å². The number of carbonyl (C=O) groups is 1. The number of alkyl halides is 3. The third kappa shape index (κ3) is 5.12. The van der Waals surface area contributed by atoms with Crippen LogP contribution in [0.15, 0.2) is 18.2 Å². The Balaban J connectivity index is 2.48. The van der Waals surface area contributed by atoms with Gasteiger partial charge in [0, 0.05) is 0 Å². The lowest BCUT2D eigenvalue weighted by atomic mass is 10.3. The maximum Gasteiger partial charge on any atom is 0.401 e. The maximum atomic E-state index is 11.8. The maximum absolute atomic E-state index is 11.8. The van der Waals surface area contributed by atoms with Gasteiger partial charge >= 0.3 is 6.18 Å². The monoisotopic (exact) mass is 300 g/mol. The minimum absolute atomic E-state index is 0.142. The Bertz CT molecular complexity index is 438. The van der Waals surface area contributed by atoms with Crippen molar-refractivity contribution in [3.05, 3.63) is 28.2 Å². The van der Waals surface area contributed by atoms with Gasteiger partial charge in [0.1, 0.15) is 0 Å². The highest BCUT2D eigenvalue weighted by atomic mass is 35.5. The van der Waals surface area contributed by atoms with E-state index in [1.807, 2.05) is 5.32 Å². The van der Waals surface area contributed by atoms with Crippen molar-refractivity contribution in [3.63, 3.8) is 0 Å². The number of hydrogen-bond donors (Lipinski definition) is 2. The highest BCUT2D eigenvalue weighted by molar-refractivity contribution is 6.43. The summed E-state index contributed by atoms with van der Waals surface area (Å²) in [5.74, 6) is -0.636. The topological polar surface area (TPSA) is 41.1 Å². The first-order chi connectivity index (χ1) is 8.29. The molecule has 0 bridgehead atoms. The Morgan fingerprint density at radius 2 is 1.94 bits per heavy atom. The summed E-state index contributed by atoms with van der Waals surface area (Å²) in [6.45, 7) is -1.70. The summed E-state index contributed by atoms with van der Waals surface area (Å²) in [4.78, 5) is 11.3. The molecule has 0 saturated heterocycles. The molecule has 2 N–H and O–H groups in total. The summed E-state index contributed by atoms with van der Waals surface area (Å²) in [7, 11) is 0. The first kappa shape index (κ1) is 15.1. The van der Waals surface area contributed by atoms with Gasteiger partial charge in [-0.1, -0.05) is 29.3 Å². The van der Waals surface area contributed by atoms with E-state index in [9.17, 15) is 18.0 Å². The molecule has 1 rings (SSSR count). The third-order valence-electron chi connectivity index (χ3n) is 1.84. The molecule has 3 nitrogen and oxygen atoms in total. The van der Waals surface area contributed by atoms with Crippen molar-refractivity contribution >= 4 is 34.8 Å². The van der Waals surface area contributed by atoms with Crippen molar-refractivity contribution in [2.24, 2.45) is 0 Å². The van der Waals surface area contributed by atoms with E-state index in [4.69, 9.17) is 23.2 Å². The molecule has 0 aliphatic heterocycles. The second kappa shape index (κ2) is 6.26. The lowest BCUT2D eigenvalue weighted by Crippen LogP contribution is -2.35. The molecule has 100 valence electrons. The van der Waals surface area contributed by atoms with E-state index in [-0.39, 0.29) is 15.7 Å². The summed E-state index contributed by atoms with van der Waals surface area (Å²) in [6.07, 6.45) is -4.35. The SMILES string of the molecule is O=C(CNCC(F)(F)F)Nc1cccc(Cl)c1Cl. The summed E-state index contributed by atoms with van der Waals surface area (Å²) in [6, 6.07) is 4.59. The molecule has 0 fully saturated rings. The van der Waals surface area contributed by atoms with E-state index in [2.05, 4.69) is 5.32 Å². The second-order valence-electron chi connectivity index (χ2n) is 3.37. The number of amides is 1. The molecule has 0 aromatic heterocycles. The summed E-state index contributed by atoms with van der Waals surface area (Å²) < 4.78 is 35.5. The second-order valence-corrected chi connectivity index (χ2v) is 4.15. The Labute approximate surface area is 111 Å². The van der Waals surface area contributed by atoms with E-state index in [0.717, 1.165) is 0 Å². The largest absolute Gasteiger partial charge is 0.401 e. The molecule has 0 heterocycles. The molecule has 1 aromatic carbocycles. The minimum atomic E-state index is -4.35. The van der Waals surface area contributed by atoms with E-state index in [1.54, 1.807) is 6.07 Å².